The predicted molar refractivity (Wildman–Crippen MR) is 140 cm³/mol. The van der Waals surface area contributed by atoms with Crippen LogP contribution in [0.1, 0.15) is 34.3 Å². The Balaban J connectivity index is 1.46. The smallest absolute Gasteiger partial charge is 0.399 e. The molecule has 0 radical (unpaired) electrons. The van der Waals surface area contributed by atoms with Gasteiger partial charge in [-0.1, -0.05) is 41.7 Å². The number of ether oxygens (including phenoxy) is 1. The van der Waals surface area contributed by atoms with Crippen LogP contribution in [-0.2, 0) is 11.2 Å². The molecule has 2 heterocycles. The van der Waals surface area contributed by atoms with Gasteiger partial charge in [0.05, 0.1) is 3.79 Å². The monoisotopic (exact) mass is 555 g/mol. The van der Waals surface area contributed by atoms with Crippen molar-refractivity contribution in [2.75, 3.05) is 18.4 Å². The number of benzene rings is 2. The number of rotatable bonds is 7. The lowest BCUT2D eigenvalue weighted by Crippen LogP contribution is -2.46. The lowest BCUT2D eigenvalue weighted by molar-refractivity contribution is -0.118. The molecule has 182 valence electrons. The van der Waals surface area contributed by atoms with Crippen LogP contribution in [0.15, 0.2) is 64.5 Å². The molecule has 0 spiro atoms. The second-order valence-corrected chi connectivity index (χ2v) is 10.8. The van der Waals surface area contributed by atoms with Crippen molar-refractivity contribution in [2.45, 2.75) is 32.2 Å². The lowest BCUT2D eigenvalue weighted by atomic mass is 10.0. The summed E-state index contributed by atoms with van der Waals surface area (Å²) in [6.45, 7) is 3.42. The zero-order valence-corrected chi connectivity index (χ0v) is 21.7. The molecule has 3 amide bonds. The first-order chi connectivity index (χ1) is 16.9. The van der Waals surface area contributed by atoms with Crippen LogP contribution < -0.4 is 15.4 Å². The summed E-state index contributed by atoms with van der Waals surface area (Å²) in [6.07, 6.45) is 1.64. The third-order valence-electron chi connectivity index (χ3n) is 5.75. The summed E-state index contributed by atoms with van der Waals surface area (Å²) in [7, 11) is 0. The van der Waals surface area contributed by atoms with Crippen molar-refractivity contribution in [3.05, 3.63) is 81.1 Å². The summed E-state index contributed by atoms with van der Waals surface area (Å²) in [5.74, 6) is -0.361. The van der Waals surface area contributed by atoms with E-state index < -0.39 is 12.1 Å². The summed E-state index contributed by atoms with van der Waals surface area (Å²) in [6, 6.07) is 17.3. The van der Waals surface area contributed by atoms with Crippen molar-refractivity contribution < 1.29 is 19.1 Å². The highest BCUT2D eigenvalue weighted by molar-refractivity contribution is 9.11. The summed E-state index contributed by atoms with van der Waals surface area (Å²) in [5.41, 5.74) is 2.87. The Kier molecular flexibility index (Phi) is 8.20. The fourth-order valence-electron chi connectivity index (χ4n) is 3.98. The minimum absolute atomic E-state index is 0.0180. The van der Waals surface area contributed by atoms with E-state index in [1.165, 1.54) is 11.3 Å². The number of hydrogen-bond donors (Lipinski definition) is 2. The Morgan fingerprint density at radius 3 is 2.46 bits per heavy atom. The number of nitrogens with one attached hydrogen (secondary N) is 2. The van der Waals surface area contributed by atoms with Crippen LogP contribution >= 0.6 is 27.3 Å². The molecule has 7 nitrogen and oxygen atoms in total. The van der Waals surface area contributed by atoms with E-state index in [1.807, 2.05) is 42.2 Å². The van der Waals surface area contributed by atoms with E-state index in [0.717, 1.165) is 40.8 Å². The van der Waals surface area contributed by atoms with Crippen LogP contribution in [0.3, 0.4) is 0 Å². The molecule has 0 saturated carbocycles. The number of carbonyl (C=O) groups is 3. The maximum Gasteiger partial charge on any atom is 0.414 e. The van der Waals surface area contributed by atoms with Gasteiger partial charge in [0, 0.05) is 30.8 Å². The number of amides is 3. The van der Waals surface area contributed by atoms with Crippen LogP contribution in [-0.4, -0.2) is 41.9 Å². The third kappa shape index (κ3) is 6.70. The Hall–Kier alpha value is -3.17. The first kappa shape index (κ1) is 24.9. The second-order valence-electron chi connectivity index (χ2n) is 8.35. The van der Waals surface area contributed by atoms with Gasteiger partial charge in [-0.2, -0.15) is 0 Å². The topological polar surface area (TPSA) is 87.7 Å². The zero-order valence-electron chi connectivity index (χ0n) is 19.3. The fraction of sp³-hybridized carbons (Fsp3) is 0.269. The van der Waals surface area contributed by atoms with Gasteiger partial charge in [0.25, 0.3) is 5.91 Å². The van der Waals surface area contributed by atoms with Gasteiger partial charge in [0.15, 0.2) is 5.06 Å². The maximum atomic E-state index is 13.2. The predicted octanol–water partition coefficient (Wildman–Crippen LogP) is 5.39. The molecule has 0 aliphatic carbocycles. The molecule has 1 fully saturated rings. The molecule has 1 unspecified atom stereocenters. The summed E-state index contributed by atoms with van der Waals surface area (Å²) in [4.78, 5) is 40.3. The van der Waals surface area contributed by atoms with Crippen LogP contribution in [0.25, 0.3) is 0 Å². The molecular formula is C26H26BrN3O4S. The standard InChI is InChI=1S/C26H26BrN3O4S/c1-17-15-19(9-10-20(17)25(32)30-13-5-6-14-30)28-24(31)21(16-18-7-3-2-4-8-18)29-26(33)34-23-12-11-22(27)35-23/h2-4,7-12,15,21H,5-6,13-14,16H2,1H3,(H,28,31)(H,29,33). The molecule has 0 bridgehead atoms. The van der Waals surface area contributed by atoms with Crippen molar-refractivity contribution in [3.63, 3.8) is 0 Å². The Morgan fingerprint density at radius 2 is 1.80 bits per heavy atom. The van der Waals surface area contributed by atoms with Crippen LogP contribution in [0.2, 0.25) is 0 Å². The molecule has 2 N–H and O–H groups in total. The Labute approximate surface area is 216 Å². The summed E-state index contributed by atoms with van der Waals surface area (Å²) >= 11 is 4.61. The van der Waals surface area contributed by atoms with E-state index in [1.54, 1.807) is 30.3 Å². The number of aryl methyl sites for hydroxylation is 1. The quantitative estimate of drug-likeness (QED) is 0.409. The number of halogens is 1. The van der Waals surface area contributed by atoms with Crippen molar-refractivity contribution in [1.82, 2.24) is 10.2 Å². The minimum Gasteiger partial charge on any atom is -0.399 e. The highest BCUT2D eigenvalue weighted by atomic mass is 79.9. The van der Waals surface area contributed by atoms with Gasteiger partial charge in [0.2, 0.25) is 5.91 Å². The minimum atomic E-state index is -0.862. The lowest BCUT2D eigenvalue weighted by Gasteiger charge is -2.20. The molecule has 1 saturated heterocycles. The van der Waals surface area contributed by atoms with Gasteiger partial charge in [-0.25, -0.2) is 4.79 Å². The zero-order chi connectivity index (χ0) is 24.8. The average Bonchev–Trinajstić information content (AvgIpc) is 3.51. The van der Waals surface area contributed by atoms with E-state index in [9.17, 15) is 14.4 Å². The molecule has 2 aromatic carbocycles. The SMILES string of the molecule is Cc1cc(NC(=O)C(Cc2ccccc2)NC(=O)Oc2ccc(Br)s2)ccc1C(=O)N1CCCC1. The largest absolute Gasteiger partial charge is 0.414 e. The van der Waals surface area contributed by atoms with Gasteiger partial charge >= 0.3 is 6.09 Å². The number of thiophene rings is 1. The molecule has 1 atom stereocenters. The van der Waals surface area contributed by atoms with E-state index >= 15 is 0 Å². The fourth-order valence-corrected chi connectivity index (χ4v) is 5.17. The highest BCUT2D eigenvalue weighted by Crippen LogP contribution is 2.28. The Bertz CT molecular complexity index is 1210. The van der Waals surface area contributed by atoms with Gasteiger partial charge in [-0.3, -0.25) is 9.59 Å². The van der Waals surface area contributed by atoms with E-state index in [-0.39, 0.29) is 11.8 Å². The molecule has 1 aliphatic rings. The third-order valence-corrected chi connectivity index (χ3v) is 7.25. The first-order valence-electron chi connectivity index (χ1n) is 11.4. The van der Waals surface area contributed by atoms with Crippen molar-refractivity contribution >= 4 is 50.9 Å². The molecule has 3 aromatic rings. The first-order valence-corrected chi connectivity index (χ1v) is 13.0. The van der Waals surface area contributed by atoms with Gasteiger partial charge in [0.1, 0.15) is 6.04 Å². The van der Waals surface area contributed by atoms with E-state index in [0.29, 0.717) is 22.7 Å². The van der Waals surface area contributed by atoms with Crippen molar-refractivity contribution in [3.8, 4) is 5.06 Å². The number of carbonyl (C=O) groups excluding carboxylic acids is 3. The molecule has 1 aliphatic heterocycles. The van der Waals surface area contributed by atoms with Gasteiger partial charge in [-0.15, -0.1) is 0 Å². The molecule has 35 heavy (non-hydrogen) atoms. The normalized spacial score (nSPS) is 13.8. The van der Waals surface area contributed by atoms with Gasteiger partial charge in [-0.05, 0) is 77.2 Å². The maximum absolute atomic E-state index is 13.2. The Morgan fingerprint density at radius 1 is 1.06 bits per heavy atom. The van der Waals surface area contributed by atoms with Crippen LogP contribution in [0.5, 0.6) is 5.06 Å². The van der Waals surface area contributed by atoms with Crippen LogP contribution in [0, 0.1) is 6.92 Å². The van der Waals surface area contributed by atoms with Crippen molar-refractivity contribution in [2.24, 2.45) is 0 Å². The molecular weight excluding hydrogens is 530 g/mol. The van der Waals surface area contributed by atoms with E-state index in [2.05, 4.69) is 26.6 Å². The number of hydrogen-bond acceptors (Lipinski definition) is 5. The van der Waals surface area contributed by atoms with E-state index in [4.69, 9.17) is 4.74 Å². The molecule has 1 aromatic heterocycles. The van der Waals surface area contributed by atoms with Crippen LogP contribution in [0.4, 0.5) is 10.5 Å². The number of likely N-dealkylation sites (tertiary alicyclic amines) is 1. The van der Waals surface area contributed by atoms with Crippen molar-refractivity contribution in [1.29, 1.82) is 0 Å². The number of anilines is 1. The molecule has 9 heteroatoms. The highest BCUT2D eigenvalue weighted by Gasteiger charge is 2.24. The average molecular weight is 556 g/mol. The molecule has 4 rings (SSSR count). The summed E-state index contributed by atoms with van der Waals surface area (Å²) < 4.78 is 6.16. The second kappa shape index (κ2) is 11.5. The number of nitrogens with zero attached hydrogens (tertiary/aromatic N) is 1. The van der Waals surface area contributed by atoms with Gasteiger partial charge < -0.3 is 20.3 Å². The summed E-state index contributed by atoms with van der Waals surface area (Å²) in [5, 5.41) is 5.97.